The predicted octanol–water partition coefficient (Wildman–Crippen LogP) is 0.0504. The van der Waals surface area contributed by atoms with E-state index in [4.69, 9.17) is 0 Å². The Bertz CT molecular complexity index is 239. The highest BCUT2D eigenvalue weighted by molar-refractivity contribution is 7.96. The van der Waals surface area contributed by atoms with Gasteiger partial charge in [-0.1, -0.05) is 15.8 Å². The Morgan fingerprint density at radius 2 is 2.64 bits per heavy atom. The highest BCUT2D eigenvalue weighted by atomic mass is 32.2. The van der Waals surface area contributed by atoms with E-state index in [1.165, 1.54) is 16.3 Å². The fraction of sp³-hybridized carbons (Fsp3) is 0.250. The molecule has 1 amide bonds. The average Bonchev–Trinajstić information content (AvgIpc) is 2.55. The van der Waals surface area contributed by atoms with Crippen LogP contribution in [0, 0.1) is 0 Å². The van der Waals surface area contributed by atoms with Gasteiger partial charge in [0.05, 0.1) is 6.54 Å². The molecule has 1 N–H and O–H groups in total. The molecule has 6 nitrogen and oxygen atoms in total. The predicted molar refractivity (Wildman–Crippen MR) is 38.3 cm³/mol. The lowest BCUT2D eigenvalue weighted by Gasteiger charge is -2.21. The van der Waals surface area contributed by atoms with Crippen molar-refractivity contribution >= 4 is 18.0 Å². The van der Waals surface area contributed by atoms with Crippen molar-refractivity contribution < 1.29 is 4.79 Å². The van der Waals surface area contributed by atoms with Crippen LogP contribution in [0.2, 0.25) is 0 Å². The van der Waals surface area contributed by atoms with E-state index in [-0.39, 0.29) is 5.91 Å². The Balaban J connectivity index is 2.05. The molecule has 0 saturated carbocycles. The second-order valence-electron chi connectivity index (χ2n) is 1.97. The molecule has 2 aliphatic rings. The largest absolute Gasteiger partial charge is 0.268 e. The molecule has 0 aliphatic carbocycles. The Hall–Kier alpha value is -1.08. The Kier molecular flexibility index (Phi) is 1.51. The quantitative estimate of drug-likeness (QED) is 0.566. The lowest BCUT2D eigenvalue weighted by molar-refractivity contribution is -0.142. The minimum Gasteiger partial charge on any atom is -0.268 e. The van der Waals surface area contributed by atoms with Crippen molar-refractivity contribution in [2.24, 2.45) is 9.74 Å². The fourth-order valence-electron chi connectivity index (χ4n) is 0.824. The van der Waals surface area contributed by atoms with Crippen molar-refractivity contribution in [2.45, 2.75) is 0 Å². The van der Waals surface area contributed by atoms with Crippen LogP contribution in [0.1, 0.15) is 0 Å². The summed E-state index contributed by atoms with van der Waals surface area (Å²) in [6.45, 7) is 0.547. The van der Waals surface area contributed by atoms with E-state index < -0.39 is 0 Å². The third-order valence-electron chi connectivity index (χ3n) is 1.31. The van der Waals surface area contributed by atoms with Crippen molar-refractivity contribution in [3.05, 3.63) is 12.2 Å². The molecule has 2 heterocycles. The minimum atomic E-state index is -0.0843. The number of hydrogen-bond acceptors (Lipinski definition) is 6. The summed E-state index contributed by atoms with van der Waals surface area (Å²) in [7, 11) is 0. The second-order valence-corrected chi connectivity index (χ2v) is 2.49. The normalized spacial score (nSPS) is 22.4. The molecule has 7 heteroatoms. The van der Waals surface area contributed by atoms with Gasteiger partial charge in [0, 0.05) is 6.08 Å². The molecular formula is C4H5N5OS. The summed E-state index contributed by atoms with van der Waals surface area (Å²) in [5, 5.41) is 6.39. The number of carbonyl (C=O) groups is 1. The molecule has 0 aromatic heterocycles. The number of amides is 1. The van der Waals surface area contributed by atoms with Gasteiger partial charge in [-0.2, -0.15) is 0 Å². The van der Waals surface area contributed by atoms with Crippen molar-refractivity contribution in [3.63, 3.8) is 0 Å². The molecule has 0 fully saturated rings. The molecule has 0 spiro atoms. The summed E-state index contributed by atoms with van der Waals surface area (Å²) in [4.78, 5) is 13.7. The van der Waals surface area contributed by atoms with Gasteiger partial charge in [-0.05, 0) is 5.22 Å². The van der Waals surface area contributed by atoms with Crippen molar-refractivity contribution in [2.75, 3.05) is 6.54 Å². The number of hydrogen-bond donors (Lipinski definition) is 1. The van der Waals surface area contributed by atoms with Crippen LogP contribution in [-0.2, 0) is 4.79 Å². The third kappa shape index (κ3) is 1.08. The molecule has 2 aliphatic heterocycles. The summed E-state index contributed by atoms with van der Waals surface area (Å²) in [6.07, 6.45) is 3.27. The van der Waals surface area contributed by atoms with E-state index >= 15 is 0 Å². The molecule has 0 saturated heterocycles. The highest BCUT2D eigenvalue weighted by Gasteiger charge is 2.23. The molecule has 0 atom stereocenters. The van der Waals surface area contributed by atoms with Crippen LogP contribution in [0.25, 0.3) is 0 Å². The summed E-state index contributed by atoms with van der Waals surface area (Å²) in [6, 6.07) is 0. The van der Waals surface area contributed by atoms with Crippen LogP contribution in [0.3, 0.4) is 0 Å². The summed E-state index contributed by atoms with van der Waals surface area (Å²) in [5.74, 6) is -0.0843. The maximum atomic E-state index is 11.0. The standard InChI is InChI=1S/C4H5N5OS/c10-4-2-1-3-8(4)9-5-6-11-7-9/h1-2,7H,3H2. The Morgan fingerprint density at radius 3 is 3.18 bits per heavy atom. The van der Waals surface area contributed by atoms with Crippen LogP contribution in [-0.4, -0.2) is 22.7 Å². The van der Waals surface area contributed by atoms with Crippen LogP contribution < -0.4 is 4.83 Å². The van der Waals surface area contributed by atoms with E-state index in [9.17, 15) is 4.79 Å². The van der Waals surface area contributed by atoms with Gasteiger partial charge < -0.3 is 0 Å². The smallest absolute Gasteiger partial charge is 0.267 e. The molecule has 58 valence electrons. The summed E-state index contributed by atoms with van der Waals surface area (Å²) < 4.78 is 3.58. The SMILES string of the molecule is O=C1C=CCN1N1N=NSN1. The molecular weight excluding hydrogens is 166 g/mol. The first-order valence-corrected chi connectivity index (χ1v) is 3.76. The Labute approximate surface area is 67.1 Å². The molecule has 0 aromatic carbocycles. The van der Waals surface area contributed by atoms with Gasteiger partial charge in [0.2, 0.25) is 0 Å². The van der Waals surface area contributed by atoms with E-state index in [0.717, 1.165) is 12.1 Å². The third-order valence-corrected chi connectivity index (χ3v) is 1.71. The first-order valence-electron chi connectivity index (χ1n) is 2.98. The van der Waals surface area contributed by atoms with Gasteiger partial charge in [-0.15, -0.1) is 4.83 Å². The first-order chi connectivity index (χ1) is 5.38. The van der Waals surface area contributed by atoms with Crippen molar-refractivity contribution in [1.82, 2.24) is 15.1 Å². The maximum Gasteiger partial charge on any atom is 0.267 e. The van der Waals surface area contributed by atoms with E-state index in [0.29, 0.717) is 6.54 Å². The number of nitrogens with one attached hydrogen (secondary N) is 1. The zero-order valence-electron chi connectivity index (χ0n) is 5.47. The van der Waals surface area contributed by atoms with Crippen molar-refractivity contribution in [1.29, 1.82) is 0 Å². The van der Waals surface area contributed by atoms with E-state index in [1.54, 1.807) is 6.08 Å². The van der Waals surface area contributed by atoms with E-state index in [2.05, 4.69) is 14.6 Å². The first kappa shape index (κ1) is 6.62. The zero-order valence-corrected chi connectivity index (χ0v) is 6.28. The minimum absolute atomic E-state index is 0.0843. The average molecular weight is 171 g/mol. The topological polar surface area (TPSA) is 60.3 Å². The van der Waals surface area contributed by atoms with Gasteiger partial charge in [0.1, 0.15) is 12.1 Å². The van der Waals surface area contributed by atoms with E-state index in [1.807, 2.05) is 0 Å². The number of nitrogens with zero attached hydrogens (tertiary/aromatic N) is 4. The van der Waals surface area contributed by atoms with Crippen LogP contribution in [0.15, 0.2) is 21.9 Å². The van der Waals surface area contributed by atoms with Crippen molar-refractivity contribution in [3.8, 4) is 0 Å². The molecule has 0 unspecified atom stereocenters. The molecule has 0 bridgehead atoms. The molecule has 0 aromatic rings. The zero-order chi connectivity index (χ0) is 7.68. The summed E-state index contributed by atoms with van der Waals surface area (Å²) in [5.41, 5.74) is 0. The Morgan fingerprint density at radius 1 is 1.73 bits per heavy atom. The van der Waals surface area contributed by atoms with Crippen LogP contribution in [0.4, 0.5) is 0 Å². The van der Waals surface area contributed by atoms with Crippen LogP contribution in [0.5, 0.6) is 0 Å². The number of carbonyl (C=O) groups excluding carboxylic acids is 1. The maximum absolute atomic E-state index is 11.0. The molecule has 11 heavy (non-hydrogen) atoms. The molecule has 0 radical (unpaired) electrons. The lowest BCUT2D eigenvalue weighted by atomic mass is 10.6. The lowest BCUT2D eigenvalue weighted by Crippen LogP contribution is -2.43. The monoisotopic (exact) mass is 171 g/mol. The second kappa shape index (κ2) is 2.51. The van der Waals surface area contributed by atoms with Gasteiger partial charge in [-0.3, -0.25) is 4.79 Å². The highest BCUT2D eigenvalue weighted by Crippen LogP contribution is 2.14. The molecule has 2 rings (SSSR count). The van der Waals surface area contributed by atoms with Gasteiger partial charge in [0.15, 0.2) is 0 Å². The number of rotatable bonds is 1. The number of hydrazine groups is 2. The van der Waals surface area contributed by atoms with Gasteiger partial charge >= 0.3 is 0 Å². The van der Waals surface area contributed by atoms with Gasteiger partial charge in [0.25, 0.3) is 5.91 Å². The van der Waals surface area contributed by atoms with Gasteiger partial charge in [-0.25, -0.2) is 5.01 Å². The fourth-order valence-corrected chi connectivity index (χ4v) is 1.17. The van der Waals surface area contributed by atoms with Crippen LogP contribution >= 0.6 is 12.1 Å². The summed E-state index contributed by atoms with van der Waals surface area (Å²) >= 11 is 1.08.